The van der Waals surface area contributed by atoms with Gasteiger partial charge in [-0.3, -0.25) is 9.78 Å². The molecule has 118 valence electrons. The van der Waals surface area contributed by atoms with Crippen LogP contribution in [0.15, 0.2) is 52.0 Å². The number of nitrogens with one attached hydrogen (secondary N) is 1. The molecule has 0 amide bonds. The van der Waals surface area contributed by atoms with Crippen LogP contribution in [0.5, 0.6) is 5.75 Å². The average molecular weight is 324 g/mol. The van der Waals surface area contributed by atoms with Crippen molar-refractivity contribution in [2.24, 2.45) is 0 Å². The lowest BCUT2D eigenvalue weighted by atomic mass is 10.1. The normalized spacial score (nSPS) is 11.0. The second kappa shape index (κ2) is 5.27. The summed E-state index contributed by atoms with van der Waals surface area (Å²) in [6.45, 7) is 0. The number of pyridine rings is 2. The smallest absolute Gasteiger partial charge is 0.267 e. The van der Waals surface area contributed by atoms with E-state index in [-0.39, 0.29) is 33.9 Å². The van der Waals surface area contributed by atoms with Crippen LogP contribution in [-0.4, -0.2) is 25.2 Å². The van der Waals surface area contributed by atoms with E-state index in [1.807, 2.05) is 0 Å². The molecular weight excluding hydrogens is 315 g/mol. The molecule has 0 radical (unpaired) electrons. The third-order valence-corrected chi connectivity index (χ3v) is 3.53. The lowest BCUT2D eigenvalue weighted by Gasteiger charge is -2.04. The maximum atomic E-state index is 13.3. The van der Waals surface area contributed by atoms with E-state index < -0.39 is 11.4 Å². The summed E-state index contributed by atoms with van der Waals surface area (Å²) < 4.78 is 18.4. The zero-order valence-electron chi connectivity index (χ0n) is 12.0. The number of rotatable bonds is 2. The molecule has 4 rings (SSSR count). The number of hydrogen-bond acceptors (Lipinski definition) is 6. The molecule has 3 heterocycles. The van der Waals surface area contributed by atoms with Crippen LogP contribution < -0.4 is 5.56 Å². The number of aromatic nitrogens is 4. The highest BCUT2D eigenvalue weighted by molar-refractivity contribution is 5.90. The van der Waals surface area contributed by atoms with Gasteiger partial charge in [-0.25, -0.2) is 4.39 Å². The second-order valence-corrected chi connectivity index (χ2v) is 5.03. The van der Waals surface area contributed by atoms with Gasteiger partial charge < -0.3 is 14.6 Å². The summed E-state index contributed by atoms with van der Waals surface area (Å²) in [5.74, 6) is -0.751. The van der Waals surface area contributed by atoms with Crippen LogP contribution in [0.2, 0.25) is 0 Å². The van der Waals surface area contributed by atoms with Crippen molar-refractivity contribution in [1.82, 2.24) is 20.1 Å². The molecule has 0 saturated carbocycles. The topological polar surface area (TPSA) is 105 Å². The van der Waals surface area contributed by atoms with E-state index in [0.29, 0.717) is 5.56 Å². The molecule has 0 aliphatic heterocycles. The lowest BCUT2D eigenvalue weighted by Crippen LogP contribution is -2.09. The van der Waals surface area contributed by atoms with Crippen molar-refractivity contribution < 1.29 is 14.0 Å². The quantitative estimate of drug-likeness (QED) is 0.587. The van der Waals surface area contributed by atoms with Crippen molar-refractivity contribution in [2.75, 3.05) is 0 Å². The van der Waals surface area contributed by atoms with Gasteiger partial charge in [0.15, 0.2) is 0 Å². The summed E-state index contributed by atoms with van der Waals surface area (Å²) in [5.41, 5.74) is 0.00587. The molecular formula is C16H9FN4O3. The Balaban J connectivity index is 1.90. The average Bonchev–Trinajstić information content (AvgIpc) is 3.05. The van der Waals surface area contributed by atoms with Crippen LogP contribution in [0.1, 0.15) is 0 Å². The summed E-state index contributed by atoms with van der Waals surface area (Å²) in [5, 5.41) is 14.4. The third kappa shape index (κ3) is 2.21. The Morgan fingerprint density at radius 2 is 1.96 bits per heavy atom. The number of fused-ring (bicyclic) bond motifs is 1. The Kier molecular flexibility index (Phi) is 3.09. The molecule has 3 aromatic heterocycles. The predicted molar refractivity (Wildman–Crippen MR) is 82.7 cm³/mol. The summed E-state index contributed by atoms with van der Waals surface area (Å²) in [6, 6.07) is 7.03. The summed E-state index contributed by atoms with van der Waals surface area (Å²) >= 11 is 0. The summed E-state index contributed by atoms with van der Waals surface area (Å²) in [7, 11) is 0. The van der Waals surface area contributed by atoms with Gasteiger partial charge in [0.2, 0.25) is 5.82 Å². The lowest BCUT2D eigenvalue weighted by molar-refractivity contribution is 0.426. The Bertz CT molecular complexity index is 1110. The molecule has 0 unspecified atom stereocenters. The number of nitrogens with zero attached hydrogens (tertiary/aromatic N) is 3. The first-order chi connectivity index (χ1) is 11.6. The van der Waals surface area contributed by atoms with Crippen molar-refractivity contribution in [3.05, 3.63) is 58.9 Å². The molecule has 7 nitrogen and oxygen atoms in total. The number of aromatic amines is 1. The standard InChI is InChI=1S/C16H9FN4O3/c17-9-1-2-10-11(7-9)19-15(23)12(13(10)22)16-20-14(21-24-16)8-3-5-18-6-4-8/h1-7H,(H2,19,22,23). The van der Waals surface area contributed by atoms with E-state index in [2.05, 4.69) is 20.1 Å². The van der Waals surface area contributed by atoms with Crippen LogP contribution in [-0.2, 0) is 0 Å². The first kappa shape index (κ1) is 14.1. The number of aromatic hydroxyl groups is 1. The second-order valence-electron chi connectivity index (χ2n) is 5.03. The third-order valence-electron chi connectivity index (χ3n) is 3.53. The molecule has 4 aromatic rings. The highest BCUT2D eigenvalue weighted by atomic mass is 19.1. The zero-order valence-corrected chi connectivity index (χ0v) is 12.0. The molecule has 0 bridgehead atoms. The van der Waals surface area contributed by atoms with Gasteiger partial charge >= 0.3 is 0 Å². The Morgan fingerprint density at radius 3 is 2.75 bits per heavy atom. The van der Waals surface area contributed by atoms with Crippen molar-refractivity contribution in [1.29, 1.82) is 0 Å². The fourth-order valence-electron chi connectivity index (χ4n) is 2.40. The molecule has 24 heavy (non-hydrogen) atoms. The number of halogens is 1. The number of benzene rings is 1. The van der Waals surface area contributed by atoms with Crippen LogP contribution in [0.25, 0.3) is 33.7 Å². The fraction of sp³-hybridized carbons (Fsp3) is 0. The highest BCUT2D eigenvalue weighted by Crippen LogP contribution is 2.32. The van der Waals surface area contributed by atoms with Gasteiger partial charge in [0.05, 0.1) is 5.52 Å². The minimum Gasteiger partial charge on any atom is -0.506 e. The number of H-pyrrole nitrogens is 1. The van der Waals surface area contributed by atoms with E-state index in [0.717, 1.165) is 6.07 Å². The molecule has 0 atom stereocenters. The molecule has 0 saturated heterocycles. The van der Waals surface area contributed by atoms with E-state index in [9.17, 15) is 14.3 Å². The first-order valence-corrected chi connectivity index (χ1v) is 6.92. The Labute approximate surface area is 133 Å². The highest BCUT2D eigenvalue weighted by Gasteiger charge is 2.20. The minimum absolute atomic E-state index is 0.133. The van der Waals surface area contributed by atoms with Crippen LogP contribution in [0.4, 0.5) is 4.39 Å². The van der Waals surface area contributed by atoms with E-state index >= 15 is 0 Å². The molecule has 8 heteroatoms. The van der Waals surface area contributed by atoms with Gasteiger partial charge in [0.1, 0.15) is 17.1 Å². The van der Waals surface area contributed by atoms with E-state index in [1.54, 1.807) is 24.5 Å². The molecule has 1 aromatic carbocycles. The predicted octanol–water partition coefficient (Wildman–Crippen LogP) is 2.48. The fourth-order valence-corrected chi connectivity index (χ4v) is 2.40. The van der Waals surface area contributed by atoms with Crippen molar-refractivity contribution in [2.45, 2.75) is 0 Å². The van der Waals surface area contributed by atoms with Crippen molar-refractivity contribution >= 4 is 10.9 Å². The molecule has 0 aliphatic carbocycles. The van der Waals surface area contributed by atoms with Gasteiger partial charge in [-0.15, -0.1) is 0 Å². The van der Waals surface area contributed by atoms with Gasteiger partial charge in [-0.1, -0.05) is 5.16 Å². The maximum absolute atomic E-state index is 13.3. The van der Waals surface area contributed by atoms with Crippen molar-refractivity contribution in [3.8, 4) is 28.6 Å². The molecule has 0 aliphatic rings. The number of hydrogen-bond donors (Lipinski definition) is 2. The van der Waals surface area contributed by atoms with Crippen LogP contribution >= 0.6 is 0 Å². The van der Waals surface area contributed by atoms with Crippen molar-refractivity contribution in [3.63, 3.8) is 0 Å². The Hall–Kier alpha value is -3.55. The Morgan fingerprint density at radius 1 is 1.17 bits per heavy atom. The van der Waals surface area contributed by atoms with Gasteiger partial charge in [0, 0.05) is 23.3 Å². The van der Waals surface area contributed by atoms with Gasteiger partial charge in [-0.2, -0.15) is 4.98 Å². The SMILES string of the molecule is O=c1[nH]c2cc(F)ccc2c(O)c1-c1nc(-c2ccncc2)no1. The van der Waals surface area contributed by atoms with E-state index in [1.165, 1.54) is 12.1 Å². The van der Waals surface area contributed by atoms with E-state index in [4.69, 9.17) is 4.52 Å². The maximum Gasteiger partial charge on any atom is 0.267 e. The first-order valence-electron chi connectivity index (χ1n) is 6.92. The molecule has 0 spiro atoms. The van der Waals surface area contributed by atoms with Gasteiger partial charge in [-0.05, 0) is 30.3 Å². The van der Waals surface area contributed by atoms with Crippen LogP contribution in [0.3, 0.4) is 0 Å². The molecule has 2 N–H and O–H groups in total. The minimum atomic E-state index is -0.657. The summed E-state index contributed by atoms with van der Waals surface area (Å²) in [6.07, 6.45) is 3.14. The zero-order chi connectivity index (χ0) is 16.7. The summed E-state index contributed by atoms with van der Waals surface area (Å²) in [4.78, 5) is 22.8. The molecule has 0 fully saturated rings. The van der Waals surface area contributed by atoms with Gasteiger partial charge in [0.25, 0.3) is 11.4 Å². The van der Waals surface area contributed by atoms with Crippen LogP contribution in [0, 0.1) is 5.82 Å². The monoisotopic (exact) mass is 324 g/mol. The largest absolute Gasteiger partial charge is 0.506 e.